The van der Waals surface area contributed by atoms with E-state index >= 15 is 0 Å². The quantitative estimate of drug-likeness (QED) is 0.813. The van der Waals surface area contributed by atoms with E-state index in [0.717, 1.165) is 5.56 Å². The van der Waals surface area contributed by atoms with Crippen molar-refractivity contribution in [3.05, 3.63) is 51.7 Å². The molecule has 1 N–H and O–H groups in total. The smallest absolute Gasteiger partial charge is 0.306 e. The Hall–Kier alpha value is -1.85. The molecule has 0 aliphatic carbocycles. The lowest BCUT2D eigenvalue weighted by atomic mass is 10.2. The fourth-order valence-corrected chi connectivity index (χ4v) is 2.69. The molecule has 22 heavy (non-hydrogen) atoms. The Morgan fingerprint density at radius 2 is 2.18 bits per heavy atom. The summed E-state index contributed by atoms with van der Waals surface area (Å²) >= 11 is 7.43. The Morgan fingerprint density at radius 3 is 2.86 bits per heavy atom. The topological polar surface area (TPSA) is 55.4 Å². The van der Waals surface area contributed by atoms with Crippen LogP contribution in [0.3, 0.4) is 0 Å². The summed E-state index contributed by atoms with van der Waals surface area (Å²) in [6, 6.07) is 8.76. The van der Waals surface area contributed by atoms with Gasteiger partial charge in [0, 0.05) is 17.1 Å². The predicted molar refractivity (Wildman–Crippen MR) is 88.3 cm³/mol. The fraction of sp³-hybridized carbons (Fsp3) is 0.250. The second-order valence-electron chi connectivity index (χ2n) is 4.76. The predicted octanol–water partition coefficient (Wildman–Crippen LogP) is 3.90. The summed E-state index contributed by atoms with van der Waals surface area (Å²) in [5, 5.41) is 7.13. The van der Waals surface area contributed by atoms with Gasteiger partial charge in [-0.15, -0.1) is 0 Å². The zero-order chi connectivity index (χ0) is 15.9. The summed E-state index contributed by atoms with van der Waals surface area (Å²) in [6.07, 6.45) is 0.0187. The maximum absolute atomic E-state index is 12.0. The van der Waals surface area contributed by atoms with Crippen molar-refractivity contribution in [2.75, 3.05) is 5.32 Å². The molecule has 0 radical (unpaired) electrons. The number of hydrogen-bond acceptors (Lipinski definition) is 4. The first kappa shape index (κ1) is 16.5. The van der Waals surface area contributed by atoms with E-state index in [1.807, 2.05) is 16.8 Å². The van der Waals surface area contributed by atoms with Crippen LogP contribution in [0, 0.1) is 0 Å². The van der Waals surface area contributed by atoms with Crippen molar-refractivity contribution < 1.29 is 14.3 Å². The van der Waals surface area contributed by atoms with E-state index in [0.29, 0.717) is 17.1 Å². The minimum absolute atomic E-state index is 0.255. The van der Waals surface area contributed by atoms with E-state index < -0.39 is 6.10 Å². The molecule has 1 aromatic heterocycles. The van der Waals surface area contributed by atoms with Gasteiger partial charge < -0.3 is 10.1 Å². The maximum atomic E-state index is 12.0. The van der Waals surface area contributed by atoms with Gasteiger partial charge in [-0.2, -0.15) is 11.3 Å². The van der Waals surface area contributed by atoms with Crippen molar-refractivity contribution in [1.29, 1.82) is 0 Å². The first-order valence-electron chi connectivity index (χ1n) is 6.81. The maximum Gasteiger partial charge on any atom is 0.306 e. The van der Waals surface area contributed by atoms with Crippen LogP contribution in [0.2, 0.25) is 5.02 Å². The van der Waals surface area contributed by atoms with Gasteiger partial charge in [0.2, 0.25) is 0 Å². The second kappa shape index (κ2) is 7.96. The van der Waals surface area contributed by atoms with Crippen LogP contribution in [-0.2, 0) is 20.7 Å². The van der Waals surface area contributed by atoms with E-state index in [4.69, 9.17) is 16.3 Å². The molecule has 0 aliphatic rings. The average molecular weight is 338 g/mol. The molecule has 1 amide bonds. The SMILES string of the molecule is C[C@@H](OC(=O)CCc1ccsc1)C(=O)Nc1cccc(Cl)c1. The summed E-state index contributed by atoms with van der Waals surface area (Å²) in [4.78, 5) is 23.7. The Morgan fingerprint density at radius 1 is 1.36 bits per heavy atom. The molecule has 1 atom stereocenters. The van der Waals surface area contributed by atoms with Gasteiger partial charge in [-0.1, -0.05) is 17.7 Å². The number of carbonyl (C=O) groups excluding carboxylic acids is 2. The number of benzene rings is 1. The number of rotatable bonds is 6. The summed E-state index contributed by atoms with van der Waals surface area (Å²) in [6.45, 7) is 1.54. The molecular weight excluding hydrogens is 322 g/mol. The van der Waals surface area contributed by atoms with Gasteiger partial charge in [0.05, 0.1) is 0 Å². The molecule has 0 unspecified atom stereocenters. The molecule has 116 valence electrons. The third-order valence-corrected chi connectivity index (χ3v) is 3.93. The summed E-state index contributed by atoms with van der Waals surface area (Å²) in [5.41, 5.74) is 1.66. The number of ether oxygens (including phenoxy) is 1. The highest BCUT2D eigenvalue weighted by atomic mass is 35.5. The minimum atomic E-state index is -0.853. The Balaban J connectivity index is 1.79. The molecule has 1 aromatic carbocycles. The van der Waals surface area contributed by atoms with Crippen LogP contribution < -0.4 is 5.32 Å². The zero-order valence-electron chi connectivity index (χ0n) is 12.0. The molecule has 0 fully saturated rings. The molecular formula is C16H16ClNO3S. The van der Waals surface area contributed by atoms with Crippen LogP contribution in [-0.4, -0.2) is 18.0 Å². The number of anilines is 1. The molecule has 0 aliphatic heterocycles. The van der Waals surface area contributed by atoms with E-state index in [1.54, 1.807) is 42.5 Å². The van der Waals surface area contributed by atoms with Gasteiger partial charge in [0.25, 0.3) is 5.91 Å². The Bertz CT molecular complexity index is 643. The van der Waals surface area contributed by atoms with Gasteiger partial charge in [0.1, 0.15) is 0 Å². The molecule has 0 spiro atoms. The van der Waals surface area contributed by atoms with Crippen LogP contribution >= 0.6 is 22.9 Å². The normalized spacial score (nSPS) is 11.7. The lowest BCUT2D eigenvalue weighted by Crippen LogP contribution is -2.30. The van der Waals surface area contributed by atoms with Gasteiger partial charge in [0.15, 0.2) is 6.10 Å². The molecule has 4 nitrogen and oxygen atoms in total. The monoisotopic (exact) mass is 337 g/mol. The second-order valence-corrected chi connectivity index (χ2v) is 5.98. The van der Waals surface area contributed by atoms with E-state index in [-0.39, 0.29) is 18.3 Å². The Labute approximate surface area is 138 Å². The molecule has 6 heteroatoms. The van der Waals surface area contributed by atoms with Crippen molar-refractivity contribution >= 4 is 40.5 Å². The van der Waals surface area contributed by atoms with Gasteiger partial charge in [-0.05, 0) is 53.9 Å². The third-order valence-electron chi connectivity index (χ3n) is 2.97. The number of hydrogen-bond donors (Lipinski definition) is 1. The highest BCUT2D eigenvalue weighted by Crippen LogP contribution is 2.15. The highest BCUT2D eigenvalue weighted by molar-refractivity contribution is 7.07. The van der Waals surface area contributed by atoms with Crippen LogP contribution in [0.15, 0.2) is 41.1 Å². The number of carbonyl (C=O) groups is 2. The molecule has 0 saturated heterocycles. The third kappa shape index (κ3) is 5.16. The van der Waals surface area contributed by atoms with Gasteiger partial charge >= 0.3 is 5.97 Å². The first-order chi connectivity index (χ1) is 10.5. The average Bonchev–Trinajstić information content (AvgIpc) is 2.98. The summed E-state index contributed by atoms with van der Waals surface area (Å²) in [7, 11) is 0. The highest BCUT2D eigenvalue weighted by Gasteiger charge is 2.17. The summed E-state index contributed by atoms with van der Waals surface area (Å²) < 4.78 is 5.13. The largest absolute Gasteiger partial charge is 0.453 e. The molecule has 2 rings (SSSR count). The van der Waals surface area contributed by atoms with Crippen LogP contribution in [0.1, 0.15) is 18.9 Å². The molecule has 2 aromatic rings. The van der Waals surface area contributed by atoms with E-state index in [9.17, 15) is 9.59 Å². The fourth-order valence-electron chi connectivity index (χ4n) is 1.80. The number of thiophene rings is 1. The minimum Gasteiger partial charge on any atom is -0.453 e. The number of amides is 1. The van der Waals surface area contributed by atoms with Crippen molar-refractivity contribution in [3.63, 3.8) is 0 Å². The number of esters is 1. The van der Waals surface area contributed by atoms with E-state index in [2.05, 4.69) is 5.32 Å². The first-order valence-corrected chi connectivity index (χ1v) is 8.13. The summed E-state index contributed by atoms with van der Waals surface area (Å²) in [5.74, 6) is -0.772. The van der Waals surface area contributed by atoms with Crippen molar-refractivity contribution in [2.45, 2.75) is 25.9 Å². The lowest BCUT2D eigenvalue weighted by Gasteiger charge is -2.13. The van der Waals surface area contributed by atoms with Crippen molar-refractivity contribution in [3.8, 4) is 0 Å². The molecule has 0 bridgehead atoms. The number of nitrogens with one attached hydrogen (secondary N) is 1. The van der Waals surface area contributed by atoms with Gasteiger partial charge in [-0.25, -0.2) is 0 Å². The van der Waals surface area contributed by atoms with Crippen molar-refractivity contribution in [1.82, 2.24) is 0 Å². The molecule has 0 saturated carbocycles. The Kier molecular flexibility index (Phi) is 5.98. The van der Waals surface area contributed by atoms with Crippen LogP contribution in [0.25, 0.3) is 0 Å². The van der Waals surface area contributed by atoms with Crippen molar-refractivity contribution in [2.24, 2.45) is 0 Å². The lowest BCUT2D eigenvalue weighted by molar-refractivity contribution is -0.153. The number of aryl methyl sites for hydroxylation is 1. The molecule has 1 heterocycles. The van der Waals surface area contributed by atoms with Crippen LogP contribution in [0.5, 0.6) is 0 Å². The zero-order valence-corrected chi connectivity index (χ0v) is 13.6. The van der Waals surface area contributed by atoms with E-state index in [1.165, 1.54) is 0 Å². The standard InChI is InChI=1S/C16H16ClNO3S/c1-11(16(20)18-14-4-2-3-13(17)9-14)21-15(19)6-5-12-7-8-22-10-12/h2-4,7-11H,5-6H2,1H3,(H,18,20)/t11-/m1/s1. The van der Waals surface area contributed by atoms with Gasteiger partial charge in [-0.3, -0.25) is 9.59 Å². The number of halogens is 1. The van der Waals surface area contributed by atoms with Crippen LogP contribution in [0.4, 0.5) is 5.69 Å².